The zero-order chi connectivity index (χ0) is 18.5. The van der Waals surface area contributed by atoms with E-state index >= 15 is 0 Å². The normalized spacial score (nSPS) is 10.0. The van der Waals surface area contributed by atoms with Crippen molar-refractivity contribution >= 4 is 23.0 Å². The van der Waals surface area contributed by atoms with Crippen LogP contribution in [0, 0.1) is 23.0 Å². The molecule has 0 atom stereocenters. The van der Waals surface area contributed by atoms with E-state index in [4.69, 9.17) is 5.26 Å². The highest BCUT2D eigenvalue weighted by Gasteiger charge is 2.12. The van der Waals surface area contributed by atoms with Crippen LogP contribution >= 0.6 is 0 Å². The van der Waals surface area contributed by atoms with Gasteiger partial charge in [0.25, 0.3) is 5.91 Å². The number of amides is 1. The summed E-state index contributed by atoms with van der Waals surface area (Å²) in [5.74, 6) is -1.98. The highest BCUT2D eigenvalue weighted by atomic mass is 19.1. The van der Waals surface area contributed by atoms with Crippen LogP contribution in [0.15, 0.2) is 60.8 Å². The van der Waals surface area contributed by atoms with Crippen molar-refractivity contribution < 1.29 is 13.6 Å². The zero-order valence-corrected chi connectivity index (χ0v) is 13.3. The number of pyridine rings is 1. The topological polar surface area (TPSA) is 77.8 Å². The molecule has 0 radical (unpaired) electrons. The Kier molecular flexibility index (Phi) is 4.85. The van der Waals surface area contributed by atoms with Crippen molar-refractivity contribution in [2.45, 2.75) is 0 Å². The second kappa shape index (κ2) is 7.40. The van der Waals surface area contributed by atoms with Gasteiger partial charge in [0.2, 0.25) is 0 Å². The smallest absolute Gasteiger partial charge is 0.274 e. The number of nitriles is 1. The van der Waals surface area contributed by atoms with Crippen molar-refractivity contribution in [3.8, 4) is 6.07 Å². The Labute approximate surface area is 147 Å². The fourth-order valence-electron chi connectivity index (χ4n) is 2.24. The molecular formula is C19H12F2N4O. The third kappa shape index (κ3) is 3.65. The standard InChI is InChI=1S/C19H12F2N4O/c20-14-5-3-6-15(21)18(14)24-13-8-9-17(23-11-13)19(26)25-16-7-2-1-4-12(16)10-22/h1-9,11,24H,(H,25,26). The van der Waals surface area contributed by atoms with E-state index in [2.05, 4.69) is 15.6 Å². The Hall–Kier alpha value is -3.79. The number of carbonyl (C=O) groups is 1. The van der Waals surface area contributed by atoms with Crippen LogP contribution in [0.2, 0.25) is 0 Å². The SMILES string of the molecule is N#Cc1ccccc1NC(=O)c1ccc(Nc2c(F)cccc2F)cn1. The first-order chi connectivity index (χ1) is 12.6. The quantitative estimate of drug-likeness (QED) is 0.738. The Morgan fingerprint density at radius 1 is 1.00 bits per heavy atom. The van der Waals surface area contributed by atoms with E-state index in [1.54, 1.807) is 24.3 Å². The molecule has 0 saturated heterocycles. The Morgan fingerprint density at radius 2 is 1.73 bits per heavy atom. The number of aromatic nitrogens is 1. The number of halogens is 2. The molecule has 1 heterocycles. The van der Waals surface area contributed by atoms with Gasteiger partial charge in [0.1, 0.15) is 29.1 Å². The van der Waals surface area contributed by atoms with Crippen molar-refractivity contribution in [1.29, 1.82) is 5.26 Å². The highest BCUT2D eigenvalue weighted by molar-refractivity contribution is 6.03. The van der Waals surface area contributed by atoms with Gasteiger partial charge in [0, 0.05) is 0 Å². The second-order valence-electron chi connectivity index (χ2n) is 5.27. The fraction of sp³-hybridized carbons (Fsp3) is 0. The largest absolute Gasteiger partial charge is 0.349 e. The number of rotatable bonds is 4. The van der Waals surface area contributed by atoms with Gasteiger partial charge in [-0.1, -0.05) is 18.2 Å². The van der Waals surface area contributed by atoms with Crippen LogP contribution in [0.1, 0.15) is 16.1 Å². The third-order valence-electron chi connectivity index (χ3n) is 3.52. The summed E-state index contributed by atoms with van der Waals surface area (Å²) in [5, 5.41) is 14.2. The lowest BCUT2D eigenvalue weighted by molar-refractivity contribution is 0.102. The van der Waals surface area contributed by atoms with Gasteiger partial charge in [-0.2, -0.15) is 5.26 Å². The molecule has 0 bridgehead atoms. The molecule has 0 spiro atoms. The van der Waals surface area contributed by atoms with Crippen molar-refractivity contribution in [2.75, 3.05) is 10.6 Å². The van der Waals surface area contributed by atoms with E-state index in [9.17, 15) is 13.6 Å². The summed E-state index contributed by atoms with van der Waals surface area (Å²) >= 11 is 0. The maximum absolute atomic E-state index is 13.6. The van der Waals surface area contributed by atoms with Crippen LogP contribution in [-0.2, 0) is 0 Å². The van der Waals surface area contributed by atoms with Crippen molar-refractivity contribution in [3.05, 3.63) is 83.7 Å². The number of anilines is 3. The van der Waals surface area contributed by atoms with Crippen molar-refractivity contribution in [3.63, 3.8) is 0 Å². The monoisotopic (exact) mass is 350 g/mol. The fourth-order valence-corrected chi connectivity index (χ4v) is 2.24. The van der Waals surface area contributed by atoms with Crippen molar-refractivity contribution in [2.24, 2.45) is 0 Å². The number of hydrogen-bond acceptors (Lipinski definition) is 4. The van der Waals surface area contributed by atoms with Gasteiger partial charge in [-0.15, -0.1) is 0 Å². The molecular weight excluding hydrogens is 338 g/mol. The van der Waals surface area contributed by atoms with Crippen LogP contribution in [0.25, 0.3) is 0 Å². The lowest BCUT2D eigenvalue weighted by atomic mass is 10.2. The van der Waals surface area contributed by atoms with Gasteiger partial charge in [-0.3, -0.25) is 4.79 Å². The summed E-state index contributed by atoms with van der Waals surface area (Å²) in [5.41, 5.74) is 0.821. The van der Waals surface area contributed by atoms with E-state index in [1.807, 2.05) is 6.07 Å². The lowest BCUT2D eigenvalue weighted by Gasteiger charge is -2.09. The van der Waals surface area contributed by atoms with Gasteiger partial charge in [-0.05, 0) is 36.4 Å². The Morgan fingerprint density at radius 3 is 2.38 bits per heavy atom. The third-order valence-corrected chi connectivity index (χ3v) is 3.52. The first-order valence-electron chi connectivity index (χ1n) is 7.56. The Balaban J connectivity index is 1.75. The van der Waals surface area contributed by atoms with E-state index < -0.39 is 17.5 Å². The molecule has 0 aliphatic rings. The minimum absolute atomic E-state index is 0.0947. The van der Waals surface area contributed by atoms with Gasteiger partial charge >= 0.3 is 0 Å². The summed E-state index contributed by atoms with van der Waals surface area (Å²) < 4.78 is 27.3. The molecule has 2 aromatic carbocycles. The second-order valence-corrected chi connectivity index (χ2v) is 5.27. The molecule has 1 aromatic heterocycles. The molecule has 7 heteroatoms. The van der Waals surface area contributed by atoms with Gasteiger partial charge < -0.3 is 10.6 Å². The molecule has 1 amide bonds. The number of nitrogens with zero attached hydrogens (tertiary/aromatic N) is 2. The summed E-state index contributed by atoms with van der Waals surface area (Å²) in [6, 6.07) is 15.0. The maximum atomic E-state index is 13.6. The maximum Gasteiger partial charge on any atom is 0.274 e. The van der Waals surface area contributed by atoms with Crippen molar-refractivity contribution in [1.82, 2.24) is 4.98 Å². The first kappa shape index (κ1) is 17.0. The Bertz CT molecular complexity index is 977. The van der Waals surface area contributed by atoms with E-state index in [0.29, 0.717) is 16.9 Å². The van der Waals surface area contributed by atoms with E-state index in [0.717, 1.165) is 12.1 Å². The summed E-state index contributed by atoms with van der Waals surface area (Å²) in [4.78, 5) is 16.2. The summed E-state index contributed by atoms with van der Waals surface area (Å²) in [7, 11) is 0. The highest BCUT2D eigenvalue weighted by Crippen LogP contribution is 2.23. The molecule has 5 nitrogen and oxygen atoms in total. The molecule has 26 heavy (non-hydrogen) atoms. The first-order valence-corrected chi connectivity index (χ1v) is 7.56. The van der Waals surface area contributed by atoms with Gasteiger partial charge in [0.05, 0.1) is 23.1 Å². The van der Waals surface area contributed by atoms with Gasteiger partial charge in [0.15, 0.2) is 0 Å². The van der Waals surface area contributed by atoms with E-state index in [1.165, 1.54) is 24.4 Å². The predicted octanol–water partition coefficient (Wildman–Crippen LogP) is 4.23. The number of para-hydroxylation sites is 2. The van der Waals surface area contributed by atoms with Crippen LogP contribution in [0.3, 0.4) is 0 Å². The average Bonchev–Trinajstić information content (AvgIpc) is 2.66. The molecule has 3 rings (SSSR count). The molecule has 0 fully saturated rings. The van der Waals surface area contributed by atoms with Crippen LogP contribution in [0.5, 0.6) is 0 Å². The number of nitrogens with one attached hydrogen (secondary N) is 2. The van der Waals surface area contributed by atoms with Crippen LogP contribution in [0.4, 0.5) is 25.8 Å². The lowest BCUT2D eigenvalue weighted by Crippen LogP contribution is -2.14. The van der Waals surface area contributed by atoms with E-state index in [-0.39, 0.29) is 11.4 Å². The predicted molar refractivity (Wildman–Crippen MR) is 93.0 cm³/mol. The zero-order valence-electron chi connectivity index (χ0n) is 13.3. The molecule has 3 aromatic rings. The van der Waals surface area contributed by atoms with Crippen LogP contribution < -0.4 is 10.6 Å². The molecule has 0 aliphatic carbocycles. The summed E-state index contributed by atoms with van der Waals surface area (Å²) in [6.07, 6.45) is 1.29. The van der Waals surface area contributed by atoms with Gasteiger partial charge in [-0.25, -0.2) is 13.8 Å². The molecule has 0 aliphatic heterocycles. The van der Waals surface area contributed by atoms with Crippen LogP contribution in [-0.4, -0.2) is 10.9 Å². The summed E-state index contributed by atoms with van der Waals surface area (Å²) in [6.45, 7) is 0. The number of hydrogen-bond donors (Lipinski definition) is 2. The average molecular weight is 350 g/mol. The molecule has 0 saturated carbocycles. The molecule has 2 N–H and O–H groups in total. The number of benzene rings is 2. The molecule has 128 valence electrons. The minimum atomic E-state index is -0.736. The minimum Gasteiger partial charge on any atom is -0.349 e. The molecule has 0 unspecified atom stereocenters. The number of carbonyl (C=O) groups excluding carboxylic acids is 1.